The number of benzene rings is 1. The second-order valence-electron chi connectivity index (χ2n) is 4.05. The number of nitrogens with zero attached hydrogens (tertiary/aromatic N) is 2. The van der Waals surface area contributed by atoms with E-state index in [-0.39, 0.29) is 0 Å². The summed E-state index contributed by atoms with van der Waals surface area (Å²) in [5.74, 6) is 0. The van der Waals surface area contributed by atoms with Crippen LogP contribution in [-0.2, 0) is 6.42 Å². The van der Waals surface area contributed by atoms with E-state index in [4.69, 9.17) is 11.6 Å². The van der Waals surface area contributed by atoms with Crippen molar-refractivity contribution in [1.29, 1.82) is 5.26 Å². The minimum Gasteiger partial charge on any atom is -0.292 e. The molecule has 0 saturated carbocycles. The third-order valence-electron chi connectivity index (χ3n) is 2.72. The molecule has 0 bridgehead atoms. The summed E-state index contributed by atoms with van der Waals surface area (Å²) in [6.07, 6.45) is 0.635. The highest BCUT2D eigenvalue weighted by Gasteiger charge is 2.27. The predicted octanol–water partition coefficient (Wildman–Crippen LogP) is 2.73. The molecule has 3 heteroatoms. The van der Waals surface area contributed by atoms with Crippen LogP contribution in [0.2, 0.25) is 5.02 Å². The molecule has 1 unspecified atom stereocenters. The lowest BCUT2D eigenvalue weighted by atomic mass is 9.93. The van der Waals surface area contributed by atoms with Crippen LogP contribution in [-0.4, -0.2) is 24.5 Å². The predicted molar refractivity (Wildman–Crippen MR) is 62.9 cm³/mol. The molecular formula is C12H15ClN2. The van der Waals surface area contributed by atoms with Crippen molar-refractivity contribution in [2.24, 2.45) is 0 Å². The van der Waals surface area contributed by atoms with E-state index in [2.05, 4.69) is 6.07 Å². The minimum absolute atomic E-state index is 0.509. The van der Waals surface area contributed by atoms with E-state index < -0.39 is 5.54 Å². The molecular weight excluding hydrogens is 208 g/mol. The molecule has 2 nitrogen and oxygen atoms in total. The SMILES string of the molecule is CN(C)C(C)(C#N)Cc1ccccc1Cl. The van der Waals surface area contributed by atoms with Gasteiger partial charge >= 0.3 is 0 Å². The Morgan fingerprint density at radius 2 is 2.00 bits per heavy atom. The number of rotatable bonds is 3. The van der Waals surface area contributed by atoms with Gasteiger partial charge in [0.1, 0.15) is 5.54 Å². The monoisotopic (exact) mass is 222 g/mol. The van der Waals surface area contributed by atoms with Crippen molar-refractivity contribution in [1.82, 2.24) is 4.90 Å². The van der Waals surface area contributed by atoms with Crippen molar-refractivity contribution in [3.8, 4) is 6.07 Å². The van der Waals surface area contributed by atoms with E-state index >= 15 is 0 Å². The number of halogens is 1. The Morgan fingerprint density at radius 3 is 2.47 bits per heavy atom. The summed E-state index contributed by atoms with van der Waals surface area (Å²) in [5, 5.41) is 9.90. The number of nitriles is 1. The quantitative estimate of drug-likeness (QED) is 0.787. The van der Waals surface area contributed by atoms with Crippen LogP contribution in [0.3, 0.4) is 0 Å². The van der Waals surface area contributed by atoms with Gasteiger partial charge in [0.2, 0.25) is 0 Å². The van der Waals surface area contributed by atoms with Crippen LogP contribution in [0.4, 0.5) is 0 Å². The molecule has 0 heterocycles. The average Bonchev–Trinajstić information content (AvgIpc) is 2.21. The van der Waals surface area contributed by atoms with Gasteiger partial charge in [-0.15, -0.1) is 0 Å². The van der Waals surface area contributed by atoms with Gasteiger partial charge in [0, 0.05) is 11.4 Å². The van der Waals surface area contributed by atoms with Gasteiger partial charge in [-0.05, 0) is 32.6 Å². The summed E-state index contributed by atoms with van der Waals surface area (Å²) < 4.78 is 0. The maximum atomic E-state index is 9.17. The molecule has 80 valence electrons. The second kappa shape index (κ2) is 4.65. The third-order valence-corrected chi connectivity index (χ3v) is 3.09. The van der Waals surface area contributed by atoms with Gasteiger partial charge in [0.05, 0.1) is 6.07 Å². The van der Waals surface area contributed by atoms with Crippen LogP contribution in [0.25, 0.3) is 0 Å². The maximum absolute atomic E-state index is 9.17. The van der Waals surface area contributed by atoms with E-state index in [1.54, 1.807) is 0 Å². The van der Waals surface area contributed by atoms with Gasteiger partial charge in [-0.1, -0.05) is 29.8 Å². The van der Waals surface area contributed by atoms with Crippen molar-refractivity contribution in [3.63, 3.8) is 0 Å². The van der Waals surface area contributed by atoms with Crippen molar-refractivity contribution in [2.45, 2.75) is 18.9 Å². The zero-order chi connectivity index (χ0) is 11.5. The normalized spacial score (nSPS) is 14.7. The van der Waals surface area contributed by atoms with Crippen molar-refractivity contribution < 1.29 is 0 Å². The van der Waals surface area contributed by atoms with Crippen molar-refractivity contribution >= 4 is 11.6 Å². The van der Waals surface area contributed by atoms with Crippen LogP contribution in [0.1, 0.15) is 12.5 Å². The molecule has 1 rings (SSSR count). The summed E-state index contributed by atoms with van der Waals surface area (Å²) in [4.78, 5) is 1.91. The lowest BCUT2D eigenvalue weighted by molar-refractivity contribution is 0.237. The number of likely N-dealkylation sites (N-methyl/N-ethyl adjacent to an activating group) is 1. The summed E-state index contributed by atoms with van der Waals surface area (Å²) in [6, 6.07) is 9.97. The molecule has 0 N–H and O–H groups in total. The van der Waals surface area contributed by atoms with E-state index in [0.717, 1.165) is 10.6 Å². The minimum atomic E-state index is -0.509. The molecule has 0 aliphatic carbocycles. The van der Waals surface area contributed by atoms with Crippen LogP contribution in [0.5, 0.6) is 0 Å². The number of hydrogen-bond acceptors (Lipinski definition) is 2. The Bertz CT molecular complexity index is 381. The molecule has 0 aliphatic heterocycles. The van der Waals surface area contributed by atoms with Crippen LogP contribution < -0.4 is 0 Å². The highest BCUT2D eigenvalue weighted by Crippen LogP contribution is 2.23. The van der Waals surface area contributed by atoms with Crippen LogP contribution >= 0.6 is 11.6 Å². The van der Waals surface area contributed by atoms with Gasteiger partial charge < -0.3 is 0 Å². The molecule has 15 heavy (non-hydrogen) atoms. The first-order valence-electron chi connectivity index (χ1n) is 4.82. The zero-order valence-corrected chi connectivity index (χ0v) is 10.0. The van der Waals surface area contributed by atoms with Crippen LogP contribution in [0.15, 0.2) is 24.3 Å². The Kier molecular flexibility index (Phi) is 3.73. The molecule has 1 aromatic rings. The summed E-state index contributed by atoms with van der Waals surface area (Å²) in [7, 11) is 3.81. The molecule has 0 radical (unpaired) electrons. The van der Waals surface area contributed by atoms with Crippen LogP contribution in [0, 0.1) is 11.3 Å². The van der Waals surface area contributed by atoms with E-state index in [1.807, 2.05) is 50.2 Å². The Morgan fingerprint density at radius 1 is 1.40 bits per heavy atom. The molecule has 0 fully saturated rings. The van der Waals surface area contributed by atoms with Gasteiger partial charge in [-0.3, -0.25) is 4.90 Å². The van der Waals surface area contributed by atoms with Gasteiger partial charge in [0.15, 0.2) is 0 Å². The fourth-order valence-corrected chi connectivity index (χ4v) is 1.51. The molecule has 0 aliphatic rings. The molecule has 1 atom stereocenters. The smallest absolute Gasteiger partial charge is 0.110 e. The van der Waals surface area contributed by atoms with E-state index in [0.29, 0.717) is 6.42 Å². The van der Waals surface area contributed by atoms with Crippen molar-refractivity contribution in [3.05, 3.63) is 34.9 Å². The van der Waals surface area contributed by atoms with Gasteiger partial charge in [-0.2, -0.15) is 5.26 Å². The molecule has 1 aromatic carbocycles. The number of hydrogen-bond donors (Lipinski definition) is 0. The molecule has 0 spiro atoms. The van der Waals surface area contributed by atoms with Crippen molar-refractivity contribution in [2.75, 3.05) is 14.1 Å². The molecule has 0 saturated heterocycles. The van der Waals surface area contributed by atoms with Gasteiger partial charge in [0.25, 0.3) is 0 Å². The van der Waals surface area contributed by atoms with E-state index in [9.17, 15) is 5.26 Å². The third kappa shape index (κ3) is 2.71. The fourth-order valence-electron chi connectivity index (χ4n) is 1.31. The Balaban J connectivity index is 2.96. The largest absolute Gasteiger partial charge is 0.292 e. The molecule has 0 aromatic heterocycles. The Hall–Kier alpha value is -1.04. The summed E-state index contributed by atoms with van der Waals surface area (Å²) >= 11 is 6.06. The standard InChI is InChI=1S/C12H15ClN2/c1-12(9-14,15(2)3)8-10-6-4-5-7-11(10)13/h4-7H,8H2,1-3H3. The lowest BCUT2D eigenvalue weighted by Gasteiger charge is -2.29. The maximum Gasteiger partial charge on any atom is 0.110 e. The molecule has 0 amide bonds. The first kappa shape index (κ1) is 12.0. The second-order valence-corrected chi connectivity index (χ2v) is 4.46. The Labute approximate surface area is 96.1 Å². The first-order valence-corrected chi connectivity index (χ1v) is 5.19. The zero-order valence-electron chi connectivity index (χ0n) is 9.29. The topological polar surface area (TPSA) is 27.0 Å². The average molecular weight is 223 g/mol. The highest BCUT2D eigenvalue weighted by atomic mass is 35.5. The lowest BCUT2D eigenvalue weighted by Crippen LogP contribution is -2.41. The highest BCUT2D eigenvalue weighted by molar-refractivity contribution is 6.31. The first-order chi connectivity index (χ1) is 6.99. The summed E-state index contributed by atoms with van der Waals surface area (Å²) in [5.41, 5.74) is 0.502. The van der Waals surface area contributed by atoms with Gasteiger partial charge in [-0.25, -0.2) is 0 Å². The van der Waals surface area contributed by atoms with E-state index in [1.165, 1.54) is 0 Å². The summed E-state index contributed by atoms with van der Waals surface area (Å²) in [6.45, 7) is 1.91. The fraction of sp³-hybridized carbons (Fsp3) is 0.417.